The number of aromatic amines is 1. The Bertz CT molecular complexity index is 1740. The lowest BCUT2D eigenvalue weighted by atomic mass is 10.0. The van der Waals surface area contributed by atoms with Crippen LogP contribution in [0.25, 0.3) is 0 Å². The molecule has 3 heterocycles. The van der Waals surface area contributed by atoms with Gasteiger partial charge in [-0.2, -0.15) is 0 Å². The number of carbonyl (C=O) groups excluding carboxylic acids is 5. The number of nitrogens with zero attached hydrogens (tertiary/aromatic N) is 1. The summed E-state index contributed by atoms with van der Waals surface area (Å²) < 4.78 is 0. The Morgan fingerprint density at radius 1 is 0.840 bits per heavy atom. The SMILES string of the molecule is Cc1cc(C)c(C(=O)N2CCCCNC(=O)[C@@H](C)NC(=O)[C@H](CC(C)C)NC(=O)[C@@H](Cc3ccccc3)NC(=O)c3ccc(cc3)C2)c(=O)[nH]1. The summed E-state index contributed by atoms with van der Waals surface area (Å²) in [6, 6.07) is 14.9. The highest BCUT2D eigenvalue weighted by Gasteiger charge is 2.30. The van der Waals surface area contributed by atoms with Crippen LogP contribution in [0.1, 0.15) is 83.1 Å². The van der Waals surface area contributed by atoms with Gasteiger partial charge in [0.05, 0.1) is 0 Å². The van der Waals surface area contributed by atoms with Gasteiger partial charge in [0.15, 0.2) is 0 Å². The first-order valence-electron chi connectivity index (χ1n) is 17.1. The first-order chi connectivity index (χ1) is 23.8. The van der Waals surface area contributed by atoms with E-state index in [-0.39, 0.29) is 30.4 Å². The number of benzene rings is 2. The maximum Gasteiger partial charge on any atom is 0.261 e. The average Bonchev–Trinajstić information content (AvgIpc) is 3.06. The molecule has 0 saturated heterocycles. The molecule has 0 saturated carbocycles. The molecule has 3 aromatic rings. The highest BCUT2D eigenvalue weighted by Crippen LogP contribution is 2.15. The van der Waals surface area contributed by atoms with Crippen molar-refractivity contribution in [3.63, 3.8) is 0 Å². The number of fused-ring (bicyclic) bond motifs is 18. The van der Waals surface area contributed by atoms with Crippen molar-refractivity contribution in [1.82, 2.24) is 31.2 Å². The van der Waals surface area contributed by atoms with Gasteiger partial charge in [0, 0.05) is 37.3 Å². The van der Waals surface area contributed by atoms with Gasteiger partial charge >= 0.3 is 0 Å². The Labute approximate surface area is 292 Å². The van der Waals surface area contributed by atoms with Crippen LogP contribution < -0.4 is 26.8 Å². The fraction of sp³-hybridized carbons (Fsp3) is 0.421. The van der Waals surface area contributed by atoms with Crippen LogP contribution in [0.15, 0.2) is 65.5 Å². The van der Waals surface area contributed by atoms with Gasteiger partial charge < -0.3 is 31.2 Å². The lowest BCUT2D eigenvalue weighted by Crippen LogP contribution is -2.57. The molecular weight excluding hydrogens is 636 g/mol. The summed E-state index contributed by atoms with van der Waals surface area (Å²) in [5.41, 5.74) is 2.69. The van der Waals surface area contributed by atoms with E-state index in [4.69, 9.17) is 0 Å². The van der Waals surface area contributed by atoms with E-state index in [9.17, 15) is 28.8 Å². The number of aryl methyl sites for hydroxylation is 2. The van der Waals surface area contributed by atoms with Crippen LogP contribution in [0, 0.1) is 19.8 Å². The first kappa shape index (κ1) is 37.6. The summed E-state index contributed by atoms with van der Waals surface area (Å²) >= 11 is 0. The van der Waals surface area contributed by atoms with Crippen molar-refractivity contribution in [3.05, 3.63) is 105 Å². The minimum absolute atomic E-state index is 0.0464. The van der Waals surface area contributed by atoms with Gasteiger partial charge in [-0.1, -0.05) is 56.3 Å². The molecule has 0 unspecified atom stereocenters. The molecule has 2 aliphatic heterocycles. The van der Waals surface area contributed by atoms with E-state index in [1.807, 2.05) is 44.2 Å². The van der Waals surface area contributed by atoms with Gasteiger partial charge in [-0.05, 0) is 80.8 Å². The Balaban J connectivity index is 1.65. The summed E-state index contributed by atoms with van der Waals surface area (Å²) in [5.74, 6) is -2.28. The van der Waals surface area contributed by atoms with Gasteiger partial charge in [-0.15, -0.1) is 0 Å². The van der Waals surface area contributed by atoms with E-state index in [0.717, 1.165) is 11.1 Å². The number of aromatic nitrogens is 1. The second kappa shape index (κ2) is 17.4. The molecule has 266 valence electrons. The summed E-state index contributed by atoms with van der Waals surface area (Å²) in [5, 5.41) is 11.2. The molecule has 12 nitrogen and oxygen atoms in total. The number of hydrogen-bond donors (Lipinski definition) is 5. The minimum Gasteiger partial charge on any atom is -0.354 e. The zero-order valence-electron chi connectivity index (χ0n) is 29.4. The van der Waals surface area contributed by atoms with Gasteiger partial charge in [0.1, 0.15) is 23.7 Å². The molecule has 12 heteroatoms. The second-order valence-electron chi connectivity index (χ2n) is 13.4. The van der Waals surface area contributed by atoms with Crippen molar-refractivity contribution in [2.45, 2.75) is 85.0 Å². The fourth-order valence-corrected chi connectivity index (χ4v) is 5.96. The van der Waals surface area contributed by atoms with Crippen molar-refractivity contribution < 1.29 is 24.0 Å². The third-order valence-electron chi connectivity index (χ3n) is 8.61. The van der Waals surface area contributed by atoms with Crippen LogP contribution in [0.2, 0.25) is 0 Å². The average molecular weight is 685 g/mol. The van der Waals surface area contributed by atoms with Gasteiger partial charge in [0.25, 0.3) is 17.4 Å². The van der Waals surface area contributed by atoms with Crippen molar-refractivity contribution >= 4 is 29.5 Å². The first-order valence-corrected chi connectivity index (χ1v) is 17.1. The summed E-state index contributed by atoms with van der Waals surface area (Å²) in [7, 11) is 0. The Kier molecular flexibility index (Phi) is 13.1. The van der Waals surface area contributed by atoms with Crippen LogP contribution in [0.4, 0.5) is 0 Å². The number of H-pyrrole nitrogens is 1. The van der Waals surface area contributed by atoms with E-state index in [0.29, 0.717) is 49.2 Å². The summed E-state index contributed by atoms with van der Waals surface area (Å²) in [6.07, 6.45) is 1.57. The van der Waals surface area contributed by atoms with Crippen LogP contribution in [0.3, 0.4) is 0 Å². The summed E-state index contributed by atoms with van der Waals surface area (Å²) in [4.78, 5) is 84.5. The Hall–Kier alpha value is -5.26. The molecule has 5 N–H and O–H groups in total. The van der Waals surface area contributed by atoms with E-state index in [1.54, 1.807) is 56.0 Å². The maximum absolute atomic E-state index is 13.8. The maximum atomic E-state index is 13.8. The minimum atomic E-state index is -1.01. The van der Waals surface area contributed by atoms with Gasteiger partial charge in [-0.25, -0.2) is 0 Å². The molecule has 0 aliphatic carbocycles. The third kappa shape index (κ3) is 10.4. The molecule has 1 aromatic heterocycles. The highest BCUT2D eigenvalue weighted by atomic mass is 16.2. The number of amides is 5. The zero-order chi connectivity index (χ0) is 36.4. The zero-order valence-corrected chi connectivity index (χ0v) is 29.4. The Morgan fingerprint density at radius 3 is 2.18 bits per heavy atom. The number of hydrogen-bond acceptors (Lipinski definition) is 6. The monoisotopic (exact) mass is 684 g/mol. The predicted octanol–water partition coefficient (Wildman–Crippen LogP) is 2.92. The van der Waals surface area contributed by atoms with Gasteiger partial charge in [-0.3, -0.25) is 28.8 Å². The van der Waals surface area contributed by atoms with Crippen molar-refractivity contribution in [2.75, 3.05) is 13.1 Å². The topological polar surface area (TPSA) is 170 Å². The quantitative estimate of drug-likeness (QED) is 0.259. The van der Waals surface area contributed by atoms with Crippen molar-refractivity contribution in [1.29, 1.82) is 0 Å². The van der Waals surface area contributed by atoms with E-state index in [1.165, 1.54) is 0 Å². The van der Waals surface area contributed by atoms with Crippen LogP contribution in [-0.2, 0) is 27.3 Å². The van der Waals surface area contributed by atoms with Crippen molar-refractivity contribution in [2.24, 2.45) is 5.92 Å². The van der Waals surface area contributed by atoms with Gasteiger partial charge in [0.2, 0.25) is 17.7 Å². The number of carbonyl (C=O) groups is 5. The van der Waals surface area contributed by atoms with E-state index in [2.05, 4.69) is 26.3 Å². The highest BCUT2D eigenvalue weighted by molar-refractivity contribution is 5.99. The van der Waals surface area contributed by atoms with Crippen molar-refractivity contribution in [3.8, 4) is 0 Å². The smallest absolute Gasteiger partial charge is 0.261 e. The fourth-order valence-electron chi connectivity index (χ4n) is 5.96. The largest absolute Gasteiger partial charge is 0.354 e. The molecule has 3 atom stereocenters. The standard InChI is InChI=1S/C38H48N6O6/c1-23(2)19-30-35(47)41-26(5)33(45)39-17-9-10-18-44(38(50)32-24(3)20-25(4)40-37(32)49)22-28-13-15-29(16-14-28)34(46)42-31(36(48)43-30)21-27-11-7-6-8-12-27/h6-8,11-16,20,23,26,30-31H,9-10,17-19,21-22H2,1-5H3,(H,39,45)(H,40,49)(H,41,47)(H,42,46)(H,43,48)/t26-,30+,31-/m1/s1. The van der Waals surface area contributed by atoms with Crippen LogP contribution in [0.5, 0.6) is 0 Å². The normalized spacial score (nSPS) is 20.0. The molecule has 0 fully saturated rings. The molecule has 5 amide bonds. The van der Waals surface area contributed by atoms with E-state index < -0.39 is 47.3 Å². The molecule has 50 heavy (non-hydrogen) atoms. The molecule has 2 aliphatic rings. The molecular formula is C38H48N6O6. The number of nitrogens with one attached hydrogen (secondary N) is 5. The molecule has 2 aromatic carbocycles. The lowest BCUT2D eigenvalue weighted by Gasteiger charge is -2.25. The van der Waals surface area contributed by atoms with Crippen LogP contribution >= 0.6 is 0 Å². The van der Waals surface area contributed by atoms with Crippen LogP contribution in [-0.4, -0.2) is 70.6 Å². The predicted molar refractivity (Wildman–Crippen MR) is 190 cm³/mol. The number of pyridine rings is 1. The van der Waals surface area contributed by atoms with E-state index >= 15 is 0 Å². The lowest BCUT2D eigenvalue weighted by molar-refractivity contribution is -0.132. The molecule has 0 radical (unpaired) electrons. The third-order valence-corrected chi connectivity index (χ3v) is 8.61. The molecule has 2 bridgehead atoms. The summed E-state index contributed by atoms with van der Waals surface area (Å²) in [6.45, 7) is 9.70. The molecule has 5 rings (SSSR count). The molecule has 0 spiro atoms. The number of rotatable bonds is 5. The second-order valence-corrected chi connectivity index (χ2v) is 13.4. The Morgan fingerprint density at radius 2 is 1.52 bits per heavy atom.